The van der Waals surface area contributed by atoms with E-state index in [0.29, 0.717) is 50.8 Å². The number of carbonyl (C=O) groups is 1. The molecule has 0 aliphatic carbocycles. The average molecular weight is 895 g/mol. The van der Waals surface area contributed by atoms with Gasteiger partial charge in [0.05, 0.1) is 41.5 Å². The summed E-state index contributed by atoms with van der Waals surface area (Å²) in [6, 6.07) is 22.1. The highest BCUT2D eigenvalue weighted by Gasteiger charge is 2.34. The van der Waals surface area contributed by atoms with Crippen LogP contribution in [0.1, 0.15) is 36.1 Å². The Hall–Kier alpha value is -4.01. The molecule has 2 fully saturated rings. The largest absolute Gasteiger partial charge is 0.462 e. The fourth-order valence-corrected chi connectivity index (χ4v) is 9.73. The molecule has 3 aromatic carbocycles. The fourth-order valence-electron chi connectivity index (χ4n) is 7.88. The van der Waals surface area contributed by atoms with E-state index >= 15 is 0 Å². The van der Waals surface area contributed by atoms with Gasteiger partial charge < -0.3 is 19.4 Å². The van der Waals surface area contributed by atoms with Crippen LogP contribution in [0.5, 0.6) is 6.01 Å². The average Bonchev–Trinajstić information content (AvgIpc) is 3.65. The van der Waals surface area contributed by atoms with Crippen molar-refractivity contribution in [2.24, 2.45) is 0 Å². The molecule has 0 unspecified atom stereocenters. The highest BCUT2D eigenvalue weighted by Crippen LogP contribution is 2.37. The van der Waals surface area contributed by atoms with Crippen molar-refractivity contribution >= 4 is 72.4 Å². The van der Waals surface area contributed by atoms with Gasteiger partial charge in [0.1, 0.15) is 12.4 Å². The molecule has 2 saturated heterocycles. The lowest BCUT2D eigenvalue weighted by molar-refractivity contribution is -0.128. The Morgan fingerprint density at radius 2 is 1.87 bits per heavy atom. The Bertz CT molecular complexity index is 2210. The molecular formula is C40H44ClIN8O4S. The third-order valence-electron chi connectivity index (χ3n) is 10.8. The Balaban J connectivity index is 1.11. The van der Waals surface area contributed by atoms with E-state index in [4.69, 9.17) is 26.3 Å². The van der Waals surface area contributed by atoms with Crippen molar-refractivity contribution in [3.05, 3.63) is 98.7 Å². The first-order valence-corrected chi connectivity index (χ1v) is 21.7. The molecular weight excluding hydrogens is 851 g/mol. The van der Waals surface area contributed by atoms with Crippen LogP contribution >= 0.6 is 34.2 Å². The van der Waals surface area contributed by atoms with E-state index in [9.17, 15) is 18.5 Å². The van der Waals surface area contributed by atoms with Crippen molar-refractivity contribution in [3.63, 3.8) is 0 Å². The number of anilines is 2. The van der Waals surface area contributed by atoms with Crippen LogP contribution in [0, 0.1) is 14.9 Å². The maximum absolute atomic E-state index is 13.0. The first-order chi connectivity index (χ1) is 26.6. The van der Waals surface area contributed by atoms with Gasteiger partial charge in [0, 0.05) is 65.5 Å². The molecule has 0 radical (unpaired) electrons. The number of hydrogen-bond donors (Lipinski definition) is 1. The first kappa shape index (κ1) is 39.2. The van der Waals surface area contributed by atoms with Gasteiger partial charge in [-0.3, -0.25) is 9.69 Å². The number of nitrogens with one attached hydrogen (secondary N) is 1. The quantitative estimate of drug-likeness (QED) is 0.135. The van der Waals surface area contributed by atoms with Crippen molar-refractivity contribution in [2.75, 3.05) is 61.4 Å². The minimum absolute atomic E-state index is 0.00930. The van der Waals surface area contributed by atoms with Gasteiger partial charge >= 0.3 is 6.01 Å². The number of rotatable bonds is 13. The number of nitriles is 1. The van der Waals surface area contributed by atoms with Gasteiger partial charge in [-0.25, -0.2) is 13.1 Å². The molecule has 1 amide bonds. The Morgan fingerprint density at radius 1 is 1.05 bits per heavy atom. The number of ether oxygens (including phenoxy) is 1. The van der Waals surface area contributed by atoms with Crippen LogP contribution < -0.4 is 19.3 Å². The van der Waals surface area contributed by atoms with Crippen molar-refractivity contribution < 1.29 is 17.9 Å². The van der Waals surface area contributed by atoms with Gasteiger partial charge in [-0.1, -0.05) is 60.6 Å². The van der Waals surface area contributed by atoms with Gasteiger partial charge in [0.25, 0.3) is 0 Å². The van der Waals surface area contributed by atoms with E-state index in [2.05, 4.69) is 72.9 Å². The topological polar surface area (TPSA) is 135 Å². The van der Waals surface area contributed by atoms with Gasteiger partial charge in [0.15, 0.2) is 0 Å². The number of amides is 1. The van der Waals surface area contributed by atoms with Crippen LogP contribution in [0.2, 0.25) is 5.02 Å². The highest BCUT2D eigenvalue weighted by molar-refractivity contribution is 14.1. The molecule has 2 atom stereocenters. The summed E-state index contributed by atoms with van der Waals surface area (Å²) >= 11 is 8.97. The van der Waals surface area contributed by atoms with Crippen LogP contribution in [-0.2, 0) is 34.3 Å². The second-order valence-electron chi connectivity index (χ2n) is 14.1. The molecule has 0 bridgehead atoms. The van der Waals surface area contributed by atoms with Gasteiger partial charge in [-0.15, -0.1) is 0 Å². The zero-order valence-corrected chi connectivity index (χ0v) is 34.3. The van der Waals surface area contributed by atoms with E-state index in [1.165, 1.54) is 6.08 Å². The summed E-state index contributed by atoms with van der Waals surface area (Å²) in [6.45, 7) is 8.07. The zero-order valence-electron chi connectivity index (χ0n) is 30.5. The van der Waals surface area contributed by atoms with Crippen molar-refractivity contribution in [2.45, 2.75) is 50.9 Å². The lowest BCUT2D eigenvalue weighted by Gasteiger charge is -2.42. The number of nitrogens with zero attached hydrogens (tertiary/aromatic N) is 7. The molecule has 1 aromatic heterocycles. The first-order valence-electron chi connectivity index (χ1n) is 18.6. The summed E-state index contributed by atoms with van der Waals surface area (Å²) in [5, 5.41) is 12.4. The molecule has 0 spiro atoms. The number of sulfonamides is 1. The molecule has 4 heterocycles. The van der Waals surface area contributed by atoms with Gasteiger partial charge in [-0.2, -0.15) is 15.2 Å². The standard InChI is InChI=1S/C40H44ClIN8O4S/c1-2-37(51)50-21-20-49(25-30(50)15-17-43)39-32-16-19-48(36-14-6-10-28-9-5-12-33(41)38(28)36)26-35(32)45-40(46-39)54-27-31-11-7-18-47(31)22-23-55(52,53)44-24-29-8-3-4-13-34(29)42/h2-6,8-10,12-14,30-31,44H,1,7,11,15-16,18-27H2/t30-,31-/m0/s1. The number of likely N-dealkylation sites (tertiary alicyclic amines) is 1. The summed E-state index contributed by atoms with van der Waals surface area (Å²) in [5.74, 6) is 0.566. The molecule has 1 N–H and O–H groups in total. The Morgan fingerprint density at radius 3 is 2.67 bits per heavy atom. The monoisotopic (exact) mass is 894 g/mol. The summed E-state index contributed by atoms with van der Waals surface area (Å²) in [5.41, 5.74) is 3.86. The Kier molecular flexibility index (Phi) is 12.4. The predicted octanol–water partition coefficient (Wildman–Crippen LogP) is 5.53. The Labute approximate surface area is 341 Å². The van der Waals surface area contributed by atoms with Crippen molar-refractivity contribution in [3.8, 4) is 12.1 Å². The molecule has 4 aromatic rings. The van der Waals surface area contributed by atoms with Crippen LogP contribution in [-0.4, -0.2) is 97.8 Å². The van der Waals surface area contributed by atoms with E-state index in [1.54, 1.807) is 4.90 Å². The molecule has 288 valence electrons. The van der Waals surface area contributed by atoms with Gasteiger partial charge in [0.2, 0.25) is 15.9 Å². The minimum atomic E-state index is -3.50. The smallest absolute Gasteiger partial charge is 0.318 e. The number of hydrogen-bond acceptors (Lipinski definition) is 10. The maximum Gasteiger partial charge on any atom is 0.318 e. The number of carbonyl (C=O) groups excluding carboxylic acids is 1. The third-order valence-corrected chi connectivity index (χ3v) is 13.4. The SMILES string of the molecule is C=CC(=O)N1CCN(c2nc(OC[C@@H]3CCCN3CCS(=O)(=O)NCc3ccccc3I)nc3c2CCN(c2cccc4cccc(Cl)c24)C3)C[C@@H]1CC#N. The molecule has 55 heavy (non-hydrogen) atoms. The van der Waals surface area contributed by atoms with E-state index < -0.39 is 10.0 Å². The minimum Gasteiger partial charge on any atom is -0.462 e. The van der Waals surface area contributed by atoms with Crippen LogP contribution in [0.25, 0.3) is 10.8 Å². The molecule has 15 heteroatoms. The molecule has 3 aliphatic rings. The van der Waals surface area contributed by atoms with Crippen LogP contribution in [0.3, 0.4) is 0 Å². The summed E-state index contributed by atoms with van der Waals surface area (Å²) in [4.78, 5) is 31.0. The van der Waals surface area contributed by atoms with Crippen molar-refractivity contribution in [1.29, 1.82) is 5.26 Å². The van der Waals surface area contributed by atoms with Crippen LogP contribution in [0.15, 0.2) is 73.3 Å². The third kappa shape index (κ3) is 9.02. The number of aromatic nitrogens is 2. The maximum atomic E-state index is 13.0. The molecule has 7 rings (SSSR count). The van der Waals surface area contributed by atoms with Crippen LogP contribution in [0.4, 0.5) is 11.5 Å². The molecule has 3 aliphatic heterocycles. The van der Waals surface area contributed by atoms with Gasteiger partial charge in [-0.05, 0) is 83.6 Å². The molecule has 12 nitrogen and oxygen atoms in total. The zero-order chi connectivity index (χ0) is 38.5. The number of fused-ring (bicyclic) bond motifs is 2. The van der Waals surface area contributed by atoms with E-state index in [1.807, 2.05) is 42.5 Å². The lowest BCUT2D eigenvalue weighted by Crippen LogP contribution is -2.55. The lowest BCUT2D eigenvalue weighted by atomic mass is 10.0. The van der Waals surface area contributed by atoms with Crippen molar-refractivity contribution in [1.82, 2.24) is 24.5 Å². The summed E-state index contributed by atoms with van der Waals surface area (Å²) in [6.07, 6.45) is 3.99. The normalized spacial score (nSPS) is 19.0. The molecule has 0 saturated carbocycles. The fraction of sp³-hybridized carbons (Fsp3) is 0.400. The summed E-state index contributed by atoms with van der Waals surface area (Å²) in [7, 11) is -3.50. The summed E-state index contributed by atoms with van der Waals surface area (Å²) < 4.78 is 36.2. The predicted molar refractivity (Wildman–Crippen MR) is 224 cm³/mol. The second-order valence-corrected chi connectivity index (χ2v) is 17.6. The second kappa shape index (κ2) is 17.4. The highest BCUT2D eigenvalue weighted by atomic mass is 127. The number of piperazine rings is 1. The number of benzene rings is 3. The number of halogens is 2. The van der Waals surface area contributed by atoms with E-state index in [-0.39, 0.29) is 42.7 Å². The van der Waals surface area contributed by atoms with E-state index in [0.717, 1.165) is 68.6 Å².